The first-order valence-electron chi connectivity index (χ1n) is 10.7. The van der Waals surface area contributed by atoms with E-state index in [-0.39, 0.29) is 11.5 Å². The fourth-order valence-electron chi connectivity index (χ4n) is 4.30. The highest BCUT2D eigenvalue weighted by atomic mass is 16.5. The van der Waals surface area contributed by atoms with E-state index in [1.165, 1.54) is 0 Å². The summed E-state index contributed by atoms with van der Waals surface area (Å²) < 4.78 is 12.6. The predicted molar refractivity (Wildman–Crippen MR) is 119 cm³/mol. The van der Waals surface area contributed by atoms with Gasteiger partial charge in [0.2, 0.25) is 5.95 Å². The molecule has 0 saturated carbocycles. The minimum atomic E-state index is -0.451. The second-order valence-corrected chi connectivity index (χ2v) is 7.79. The van der Waals surface area contributed by atoms with Gasteiger partial charge in [-0.2, -0.15) is 4.98 Å². The summed E-state index contributed by atoms with van der Waals surface area (Å²) >= 11 is 0. The first kappa shape index (κ1) is 20.1. The number of hydrogen-bond donors (Lipinski definition) is 2. The lowest BCUT2D eigenvalue weighted by molar-refractivity contribution is -0.116. The summed E-state index contributed by atoms with van der Waals surface area (Å²) in [6.45, 7) is 2.28. The average molecular weight is 432 g/mol. The quantitative estimate of drug-likeness (QED) is 0.627. The number of ketones is 1. The van der Waals surface area contributed by atoms with Gasteiger partial charge >= 0.3 is 0 Å². The normalized spacial score (nSPS) is 17.4. The number of phenols is 1. The van der Waals surface area contributed by atoms with E-state index < -0.39 is 6.04 Å². The van der Waals surface area contributed by atoms with Crippen LogP contribution >= 0.6 is 0 Å². The molecular weight excluding hydrogens is 408 g/mol. The number of fused-ring (bicyclic) bond motifs is 1. The van der Waals surface area contributed by atoms with Gasteiger partial charge in [0.1, 0.15) is 11.8 Å². The smallest absolute Gasteiger partial charge is 0.226 e. The third kappa shape index (κ3) is 3.37. The van der Waals surface area contributed by atoms with E-state index >= 15 is 0 Å². The number of aromatic hydroxyl groups is 1. The molecule has 2 N–H and O–H groups in total. The van der Waals surface area contributed by atoms with Crippen LogP contribution < -0.4 is 14.8 Å². The van der Waals surface area contributed by atoms with E-state index in [4.69, 9.17) is 19.6 Å². The second-order valence-electron chi connectivity index (χ2n) is 7.79. The number of phenolic OH excluding ortho intramolecular Hbond substituents is 1. The molecule has 2 heterocycles. The number of allylic oxidation sites excluding steroid dienone is 2. The zero-order valence-corrected chi connectivity index (χ0v) is 18.0. The summed E-state index contributed by atoms with van der Waals surface area (Å²) in [6.07, 6.45) is 2.08. The molecule has 1 atom stereocenters. The lowest BCUT2D eigenvalue weighted by atomic mass is 9.85. The summed E-state index contributed by atoms with van der Waals surface area (Å²) in [4.78, 5) is 17.7. The van der Waals surface area contributed by atoms with Gasteiger partial charge in [-0.05, 0) is 61.7 Å². The van der Waals surface area contributed by atoms with Crippen LogP contribution in [-0.4, -0.2) is 39.4 Å². The third-order valence-electron chi connectivity index (χ3n) is 5.82. The van der Waals surface area contributed by atoms with Crippen molar-refractivity contribution in [2.45, 2.75) is 32.2 Å². The van der Waals surface area contributed by atoms with Crippen molar-refractivity contribution in [3.05, 3.63) is 59.3 Å². The van der Waals surface area contributed by atoms with Crippen LogP contribution in [0.25, 0.3) is 11.4 Å². The van der Waals surface area contributed by atoms with Crippen LogP contribution in [0.2, 0.25) is 0 Å². The molecule has 0 saturated heterocycles. The zero-order valence-electron chi connectivity index (χ0n) is 18.0. The van der Waals surface area contributed by atoms with Crippen molar-refractivity contribution in [2.24, 2.45) is 0 Å². The fraction of sp³-hybridized carbons (Fsp3) is 0.292. The fourth-order valence-corrected chi connectivity index (χ4v) is 4.30. The standard InChI is InChI=1S/C24H24N4O4/c1-3-32-20-13-15(9-12-18(20)29)22-21-17(5-4-6-19(21)30)25-24-26-23(27-28(22)24)14-7-10-16(31-2)11-8-14/h7-13,22,29H,3-6H2,1-2H3,(H,25,26,27)/t22-/m1/s1. The molecule has 0 unspecified atom stereocenters. The molecule has 0 fully saturated rings. The third-order valence-corrected chi connectivity index (χ3v) is 5.82. The first-order valence-corrected chi connectivity index (χ1v) is 10.7. The Hall–Kier alpha value is -3.81. The van der Waals surface area contributed by atoms with Crippen molar-refractivity contribution in [2.75, 3.05) is 19.0 Å². The number of Topliss-reactive ketones (excluding diaryl/α,β-unsaturated/α-hetero) is 1. The van der Waals surface area contributed by atoms with Gasteiger partial charge in [0.25, 0.3) is 0 Å². The number of methoxy groups -OCH3 is 1. The van der Waals surface area contributed by atoms with Gasteiger partial charge in [-0.25, -0.2) is 4.68 Å². The lowest BCUT2D eigenvalue weighted by Crippen LogP contribution is -2.31. The summed E-state index contributed by atoms with van der Waals surface area (Å²) in [5.74, 6) is 2.43. The molecule has 8 nitrogen and oxygen atoms in total. The lowest BCUT2D eigenvalue weighted by Gasteiger charge is -2.32. The minimum absolute atomic E-state index is 0.0615. The molecule has 2 aliphatic rings. The van der Waals surface area contributed by atoms with Crippen LogP contribution in [0, 0.1) is 0 Å². The van der Waals surface area contributed by atoms with Gasteiger partial charge in [0, 0.05) is 23.3 Å². The molecule has 1 aromatic heterocycles. The Morgan fingerprint density at radius 2 is 2.00 bits per heavy atom. The number of hydrogen-bond acceptors (Lipinski definition) is 7. The van der Waals surface area contributed by atoms with E-state index in [9.17, 15) is 9.90 Å². The highest BCUT2D eigenvalue weighted by Crippen LogP contribution is 2.42. The maximum Gasteiger partial charge on any atom is 0.226 e. The SMILES string of the molecule is CCOc1cc([C@@H]2C3=C(CCCC3=O)Nc3nc(-c4ccc(OC)cc4)nn32)ccc1O. The maximum atomic E-state index is 13.0. The maximum absolute atomic E-state index is 13.0. The molecule has 0 bridgehead atoms. The highest BCUT2D eigenvalue weighted by Gasteiger charge is 2.37. The van der Waals surface area contributed by atoms with Gasteiger partial charge in [0.05, 0.1) is 13.7 Å². The molecule has 0 amide bonds. The number of benzene rings is 2. The number of anilines is 1. The summed E-state index contributed by atoms with van der Waals surface area (Å²) in [7, 11) is 1.62. The van der Waals surface area contributed by atoms with Gasteiger partial charge < -0.3 is 19.9 Å². The van der Waals surface area contributed by atoms with Crippen LogP contribution in [0.5, 0.6) is 17.2 Å². The summed E-state index contributed by atoms with van der Waals surface area (Å²) in [5.41, 5.74) is 3.24. The number of rotatable bonds is 5. The van der Waals surface area contributed by atoms with Crippen LogP contribution in [0.4, 0.5) is 5.95 Å². The van der Waals surface area contributed by atoms with Gasteiger partial charge in [-0.3, -0.25) is 4.79 Å². The van der Waals surface area contributed by atoms with Crippen molar-refractivity contribution in [1.82, 2.24) is 14.8 Å². The molecule has 1 aliphatic carbocycles. The molecule has 164 valence electrons. The van der Waals surface area contributed by atoms with Gasteiger partial charge in [0.15, 0.2) is 23.1 Å². The molecule has 8 heteroatoms. The van der Waals surface area contributed by atoms with Crippen LogP contribution in [0.1, 0.15) is 37.8 Å². The molecular formula is C24H24N4O4. The largest absolute Gasteiger partial charge is 0.504 e. The minimum Gasteiger partial charge on any atom is -0.504 e. The number of carbonyl (C=O) groups excluding carboxylic acids is 1. The first-order chi connectivity index (χ1) is 15.6. The Balaban J connectivity index is 1.64. The van der Waals surface area contributed by atoms with Crippen molar-refractivity contribution in [3.8, 4) is 28.6 Å². The molecule has 3 aromatic rings. The van der Waals surface area contributed by atoms with E-state index in [1.54, 1.807) is 30.0 Å². The summed E-state index contributed by atoms with van der Waals surface area (Å²) in [6, 6.07) is 12.3. The van der Waals surface area contributed by atoms with Gasteiger partial charge in [-0.1, -0.05) is 6.07 Å². The van der Waals surface area contributed by atoms with E-state index in [1.807, 2.05) is 31.2 Å². The van der Waals surface area contributed by atoms with Crippen LogP contribution in [0.15, 0.2) is 53.7 Å². The van der Waals surface area contributed by atoms with Gasteiger partial charge in [-0.15, -0.1) is 5.10 Å². The number of carbonyl (C=O) groups is 1. The van der Waals surface area contributed by atoms with Crippen molar-refractivity contribution >= 4 is 11.7 Å². The number of ether oxygens (including phenoxy) is 2. The van der Waals surface area contributed by atoms with Crippen LogP contribution in [-0.2, 0) is 4.79 Å². The summed E-state index contributed by atoms with van der Waals surface area (Å²) in [5, 5.41) is 18.3. The Morgan fingerprint density at radius 3 is 2.75 bits per heavy atom. The van der Waals surface area contributed by atoms with E-state index in [0.717, 1.165) is 35.4 Å². The number of aromatic nitrogens is 3. The zero-order chi connectivity index (χ0) is 22.2. The van der Waals surface area contributed by atoms with Crippen molar-refractivity contribution in [3.63, 3.8) is 0 Å². The highest BCUT2D eigenvalue weighted by molar-refractivity contribution is 5.99. The average Bonchev–Trinajstić information content (AvgIpc) is 3.23. The Kier molecular flexibility index (Phi) is 5.05. The second kappa shape index (κ2) is 8.03. The Bertz CT molecular complexity index is 1210. The van der Waals surface area contributed by atoms with E-state index in [0.29, 0.717) is 36.1 Å². The molecule has 1 aliphatic heterocycles. The van der Waals surface area contributed by atoms with Crippen molar-refractivity contribution in [1.29, 1.82) is 0 Å². The Morgan fingerprint density at radius 1 is 1.19 bits per heavy atom. The van der Waals surface area contributed by atoms with Crippen LogP contribution in [0.3, 0.4) is 0 Å². The molecule has 0 radical (unpaired) electrons. The van der Waals surface area contributed by atoms with E-state index in [2.05, 4.69) is 5.32 Å². The Labute approximate surface area is 185 Å². The number of nitrogens with zero attached hydrogens (tertiary/aromatic N) is 3. The molecule has 32 heavy (non-hydrogen) atoms. The number of nitrogens with one attached hydrogen (secondary N) is 1. The predicted octanol–water partition coefficient (Wildman–Crippen LogP) is 4.08. The topological polar surface area (TPSA) is 98.5 Å². The molecule has 0 spiro atoms. The molecule has 5 rings (SSSR count). The van der Waals surface area contributed by atoms with Crippen molar-refractivity contribution < 1.29 is 19.4 Å². The monoisotopic (exact) mass is 432 g/mol. The molecule has 2 aromatic carbocycles.